The molecule has 1 saturated heterocycles. The molecule has 1 aliphatic rings. The smallest absolute Gasteiger partial charge is 0.167 e. The van der Waals surface area contributed by atoms with Crippen LogP contribution in [0, 0.1) is 3.95 Å². The number of rotatable bonds is 3. The van der Waals surface area contributed by atoms with Crippen molar-refractivity contribution >= 4 is 67.3 Å². The molecule has 3 heterocycles. The van der Waals surface area contributed by atoms with E-state index in [0.717, 1.165) is 45.6 Å². The van der Waals surface area contributed by atoms with E-state index in [2.05, 4.69) is 31.9 Å². The minimum Gasteiger partial charge on any atom is -0.379 e. The van der Waals surface area contributed by atoms with Crippen molar-refractivity contribution < 1.29 is 4.74 Å². The Kier molecular flexibility index (Phi) is 6.51. The Hall–Kier alpha value is -1.33. The highest BCUT2D eigenvalue weighted by molar-refractivity contribution is 7.99. The van der Waals surface area contributed by atoms with Crippen molar-refractivity contribution in [2.45, 2.75) is 4.34 Å². The quantitative estimate of drug-likeness (QED) is 0.346. The number of thiazole rings is 2. The minimum absolute atomic E-state index is 0.799. The number of hydrogen-bond acceptors (Lipinski definition) is 8. The summed E-state index contributed by atoms with van der Waals surface area (Å²) in [6.45, 7) is 3.45. The van der Waals surface area contributed by atoms with Crippen LogP contribution in [-0.4, -0.2) is 41.3 Å². The van der Waals surface area contributed by atoms with E-state index in [1.807, 2.05) is 36.4 Å². The lowest BCUT2D eigenvalue weighted by molar-refractivity contribution is 0.0290. The van der Waals surface area contributed by atoms with Crippen molar-refractivity contribution in [3.8, 4) is 0 Å². The highest BCUT2D eigenvalue weighted by atomic mass is 32.2. The monoisotopic (exact) mass is 434 g/mol. The van der Waals surface area contributed by atoms with Gasteiger partial charge in [-0.1, -0.05) is 24.3 Å². The Bertz CT molecular complexity index is 999. The van der Waals surface area contributed by atoms with E-state index in [-0.39, 0.29) is 0 Å². The minimum atomic E-state index is 0.799. The van der Waals surface area contributed by atoms with Crippen LogP contribution in [0.1, 0.15) is 0 Å². The van der Waals surface area contributed by atoms with Crippen LogP contribution in [0.15, 0.2) is 52.9 Å². The molecule has 9 heteroatoms. The fraction of sp³-hybridized carbons (Fsp3) is 0.222. The molecule has 1 fully saturated rings. The van der Waals surface area contributed by atoms with Crippen molar-refractivity contribution in [1.29, 1.82) is 0 Å². The number of benzene rings is 2. The number of para-hydroxylation sites is 2. The summed E-state index contributed by atoms with van der Waals surface area (Å²) in [5.41, 5.74) is 2.21. The van der Waals surface area contributed by atoms with Crippen LogP contribution in [-0.2, 0) is 4.74 Å². The van der Waals surface area contributed by atoms with E-state index in [1.165, 1.54) is 9.40 Å². The summed E-state index contributed by atoms with van der Waals surface area (Å²) in [6.07, 6.45) is 0. The molecule has 0 atom stereocenters. The summed E-state index contributed by atoms with van der Waals surface area (Å²) >= 11 is 9.89. The van der Waals surface area contributed by atoms with Crippen molar-refractivity contribution in [2.24, 2.45) is 0 Å². The molecule has 27 heavy (non-hydrogen) atoms. The second-order valence-corrected chi connectivity index (χ2v) is 9.53. The van der Waals surface area contributed by atoms with Gasteiger partial charge in [0.1, 0.15) is 0 Å². The third kappa shape index (κ3) is 5.14. The average Bonchev–Trinajstić information content (AvgIpc) is 3.29. The summed E-state index contributed by atoms with van der Waals surface area (Å²) in [6, 6.07) is 16.3. The molecule has 0 saturated carbocycles. The number of hydrogen-bond donors (Lipinski definition) is 2. The molecule has 2 N–H and O–H groups in total. The van der Waals surface area contributed by atoms with Crippen molar-refractivity contribution in [1.82, 2.24) is 19.8 Å². The highest BCUT2D eigenvalue weighted by Gasteiger charge is 2.11. The summed E-state index contributed by atoms with van der Waals surface area (Å²) in [5, 5.41) is 2.17. The van der Waals surface area contributed by atoms with E-state index in [1.54, 1.807) is 34.6 Å². The van der Waals surface area contributed by atoms with Crippen LogP contribution in [0.3, 0.4) is 0 Å². The van der Waals surface area contributed by atoms with Gasteiger partial charge < -0.3 is 9.72 Å². The Morgan fingerprint density at radius 3 is 2.56 bits per heavy atom. The van der Waals surface area contributed by atoms with Gasteiger partial charge in [-0.25, -0.2) is 9.99 Å². The first-order valence-electron chi connectivity index (χ1n) is 8.46. The van der Waals surface area contributed by atoms with Crippen molar-refractivity contribution in [2.75, 3.05) is 26.3 Å². The maximum absolute atomic E-state index is 5.30. The first-order valence-corrected chi connectivity index (χ1v) is 11.3. The zero-order valence-corrected chi connectivity index (χ0v) is 17.6. The second-order valence-electron chi connectivity index (χ2n) is 5.75. The lowest BCUT2D eigenvalue weighted by Gasteiger charge is -2.25. The van der Waals surface area contributed by atoms with Gasteiger partial charge in [0.2, 0.25) is 0 Å². The first kappa shape index (κ1) is 19.0. The van der Waals surface area contributed by atoms with Gasteiger partial charge in [-0.3, -0.25) is 0 Å². The molecule has 0 aliphatic carbocycles. The van der Waals surface area contributed by atoms with Crippen LogP contribution < -0.4 is 4.83 Å². The van der Waals surface area contributed by atoms with Gasteiger partial charge in [0.05, 0.1) is 33.6 Å². The maximum Gasteiger partial charge on any atom is 0.167 e. The van der Waals surface area contributed by atoms with Gasteiger partial charge in [0.25, 0.3) is 0 Å². The van der Waals surface area contributed by atoms with E-state index in [9.17, 15) is 0 Å². The summed E-state index contributed by atoms with van der Waals surface area (Å²) in [4.78, 5) is 11.0. The third-order valence-electron chi connectivity index (χ3n) is 3.87. The van der Waals surface area contributed by atoms with Crippen LogP contribution in [0.25, 0.3) is 20.4 Å². The van der Waals surface area contributed by atoms with Crippen LogP contribution in [0.4, 0.5) is 0 Å². The Balaban J connectivity index is 0.000000153. The number of hydrazine groups is 1. The van der Waals surface area contributed by atoms with Crippen LogP contribution >= 0.6 is 46.8 Å². The third-order valence-corrected chi connectivity index (χ3v) is 7.04. The number of aromatic nitrogens is 2. The number of H-pyrrole nitrogens is 1. The molecule has 1 aliphatic heterocycles. The Morgan fingerprint density at radius 1 is 1.04 bits per heavy atom. The molecule has 2 aromatic carbocycles. The molecule has 5 rings (SSSR count). The molecule has 0 amide bonds. The molecule has 0 unspecified atom stereocenters. The van der Waals surface area contributed by atoms with E-state index in [0.29, 0.717) is 0 Å². The van der Waals surface area contributed by atoms with E-state index < -0.39 is 0 Å². The largest absolute Gasteiger partial charge is 0.379 e. The zero-order valence-electron chi connectivity index (χ0n) is 14.4. The standard InChI is InChI=1S/C11H13N3OS2.C7H5NS2/c1-2-4-10-9(3-1)12-11(16-10)17-13-14-5-7-15-8-6-14;9-7-8-5-3-1-2-4-6(5)10-7/h1-4,13H,5-8H2;1-4H,(H,8,9). The molecule has 0 radical (unpaired) electrons. The lowest BCUT2D eigenvalue weighted by atomic mass is 10.3. The number of morpholine rings is 1. The number of nitrogens with one attached hydrogen (secondary N) is 2. The van der Waals surface area contributed by atoms with Gasteiger partial charge >= 0.3 is 0 Å². The second kappa shape index (κ2) is 9.24. The first-order chi connectivity index (χ1) is 13.3. The fourth-order valence-corrected chi connectivity index (χ4v) is 5.44. The molecule has 0 spiro atoms. The molecule has 2 aromatic heterocycles. The zero-order chi connectivity index (χ0) is 18.5. The highest BCUT2D eigenvalue weighted by Crippen LogP contribution is 2.27. The Labute approximate surface area is 174 Å². The van der Waals surface area contributed by atoms with Gasteiger partial charge in [-0.05, 0) is 36.5 Å². The van der Waals surface area contributed by atoms with Gasteiger partial charge in [-0.2, -0.15) is 4.83 Å². The topological polar surface area (TPSA) is 53.2 Å². The normalized spacial score (nSPS) is 15.0. The number of aromatic amines is 1. The molecule has 140 valence electrons. The average molecular weight is 435 g/mol. The summed E-state index contributed by atoms with van der Waals surface area (Å²) < 4.78 is 9.66. The lowest BCUT2D eigenvalue weighted by Crippen LogP contribution is -2.42. The summed E-state index contributed by atoms with van der Waals surface area (Å²) in [7, 11) is 0. The maximum atomic E-state index is 5.30. The SMILES string of the molecule is S=c1[nH]c2ccccc2s1.c1ccc2sc(SNN3CCOCC3)nc2c1. The molecule has 4 aromatic rings. The van der Waals surface area contributed by atoms with Gasteiger partial charge in [0.15, 0.2) is 8.29 Å². The fourth-order valence-electron chi connectivity index (χ4n) is 2.55. The molecular weight excluding hydrogens is 416 g/mol. The van der Waals surface area contributed by atoms with E-state index >= 15 is 0 Å². The van der Waals surface area contributed by atoms with E-state index in [4.69, 9.17) is 17.0 Å². The van der Waals surface area contributed by atoms with Crippen LogP contribution in [0.5, 0.6) is 0 Å². The van der Waals surface area contributed by atoms with Crippen LogP contribution in [0.2, 0.25) is 0 Å². The predicted molar refractivity (Wildman–Crippen MR) is 118 cm³/mol. The number of fused-ring (bicyclic) bond motifs is 2. The van der Waals surface area contributed by atoms with Crippen molar-refractivity contribution in [3.05, 3.63) is 52.5 Å². The molecule has 5 nitrogen and oxygen atoms in total. The van der Waals surface area contributed by atoms with Crippen molar-refractivity contribution in [3.63, 3.8) is 0 Å². The number of nitrogens with zero attached hydrogens (tertiary/aromatic N) is 2. The molecule has 0 bridgehead atoms. The Morgan fingerprint density at radius 2 is 1.78 bits per heavy atom. The van der Waals surface area contributed by atoms with Gasteiger partial charge in [0, 0.05) is 25.0 Å². The van der Waals surface area contributed by atoms with Gasteiger partial charge in [-0.15, -0.1) is 22.7 Å². The predicted octanol–water partition coefficient (Wildman–Crippen LogP) is 5.10. The summed E-state index contributed by atoms with van der Waals surface area (Å²) in [5.74, 6) is 0. The number of ether oxygens (including phenoxy) is 1. The molecular formula is C18H18N4OS4.